The van der Waals surface area contributed by atoms with Crippen LogP contribution < -0.4 is 5.32 Å². The molecule has 0 atom stereocenters. The zero-order valence-corrected chi connectivity index (χ0v) is 16.3. The van der Waals surface area contributed by atoms with E-state index in [1.807, 2.05) is 31.2 Å². The van der Waals surface area contributed by atoms with Crippen LogP contribution in [0.2, 0.25) is 0 Å². The number of rotatable bonds is 5. The Morgan fingerprint density at radius 2 is 1.65 bits per heavy atom. The van der Waals surface area contributed by atoms with Gasteiger partial charge in [0.2, 0.25) is 14.9 Å². The van der Waals surface area contributed by atoms with Gasteiger partial charge in [0, 0.05) is 11.0 Å². The topological polar surface area (TPSA) is 76.4 Å². The van der Waals surface area contributed by atoms with Gasteiger partial charge in [-0.15, -0.1) is 0 Å². The molecule has 5 nitrogen and oxygen atoms in total. The van der Waals surface area contributed by atoms with Crippen molar-refractivity contribution in [3.05, 3.63) is 82.0 Å². The maximum absolute atomic E-state index is 12.6. The normalized spacial score (nSPS) is 11.3. The number of hydrogen-bond donors (Lipinski definition) is 1. The summed E-state index contributed by atoms with van der Waals surface area (Å²) in [5, 5.41) is 2.45. The Balaban J connectivity index is 1.73. The van der Waals surface area contributed by atoms with Crippen molar-refractivity contribution < 1.29 is 17.6 Å². The van der Waals surface area contributed by atoms with Crippen LogP contribution in [-0.4, -0.2) is 14.3 Å². The number of benzene rings is 2. The SMILES string of the molecule is Cc1ccc(CNC(=O)c2ccc(S(=O)(=O)c3ccc(Br)cc3)o2)cc1. The summed E-state index contributed by atoms with van der Waals surface area (Å²) in [6.45, 7) is 2.31. The monoisotopic (exact) mass is 433 g/mol. The third-order valence-corrected chi connectivity index (χ3v) is 5.94. The maximum atomic E-state index is 12.6. The molecule has 0 saturated carbocycles. The Bertz CT molecular complexity index is 1020. The van der Waals surface area contributed by atoms with E-state index in [-0.39, 0.29) is 15.7 Å². The fraction of sp³-hybridized carbons (Fsp3) is 0.105. The van der Waals surface area contributed by atoms with Gasteiger partial charge in [0.1, 0.15) is 0 Å². The molecule has 0 spiro atoms. The highest BCUT2D eigenvalue weighted by molar-refractivity contribution is 9.10. The molecule has 2 aromatic carbocycles. The van der Waals surface area contributed by atoms with E-state index < -0.39 is 15.7 Å². The second-order valence-electron chi connectivity index (χ2n) is 5.74. The van der Waals surface area contributed by atoms with E-state index in [4.69, 9.17) is 4.42 Å². The summed E-state index contributed by atoms with van der Waals surface area (Å²) in [4.78, 5) is 12.3. The van der Waals surface area contributed by atoms with Gasteiger partial charge in [-0.1, -0.05) is 45.8 Å². The number of carbonyl (C=O) groups excluding carboxylic acids is 1. The molecule has 0 bridgehead atoms. The van der Waals surface area contributed by atoms with Crippen molar-refractivity contribution in [2.24, 2.45) is 0 Å². The van der Waals surface area contributed by atoms with Crippen molar-refractivity contribution in [1.29, 1.82) is 0 Å². The molecule has 1 aromatic heterocycles. The largest absolute Gasteiger partial charge is 0.439 e. The molecule has 0 aliphatic rings. The van der Waals surface area contributed by atoms with Crippen LogP contribution in [0.25, 0.3) is 0 Å². The van der Waals surface area contributed by atoms with Crippen LogP contribution in [0.15, 0.2) is 79.5 Å². The van der Waals surface area contributed by atoms with Gasteiger partial charge in [-0.25, -0.2) is 8.42 Å². The molecular weight excluding hydrogens is 418 g/mol. The molecule has 0 radical (unpaired) electrons. The maximum Gasteiger partial charge on any atom is 0.287 e. The molecule has 3 aromatic rings. The molecule has 26 heavy (non-hydrogen) atoms. The minimum absolute atomic E-state index is 0.0483. The fourth-order valence-corrected chi connectivity index (χ4v) is 3.73. The van der Waals surface area contributed by atoms with E-state index in [1.165, 1.54) is 24.3 Å². The molecule has 0 aliphatic heterocycles. The number of carbonyl (C=O) groups is 1. The molecule has 1 heterocycles. The number of sulfone groups is 1. The molecule has 0 aliphatic carbocycles. The highest BCUT2D eigenvalue weighted by atomic mass is 79.9. The van der Waals surface area contributed by atoms with Gasteiger partial charge in [0.15, 0.2) is 5.76 Å². The Kier molecular flexibility index (Phi) is 5.29. The third kappa shape index (κ3) is 4.05. The zero-order valence-electron chi connectivity index (χ0n) is 13.9. The summed E-state index contributed by atoms with van der Waals surface area (Å²) < 4.78 is 31.2. The Hall–Kier alpha value is -2.38. The van der Waals surface area contributed by atoms with Crippen molar-refractivity contribution >= 4 is 31.7 Å². The predicted octanol–water partition coefficient (Wildman–Crippen LogP) is 4.11. The van der Waals surface area contributed by atoms with E-state index in [1.54, 1.807) is 12.1 Å². The lowest BCUT2D eigenvalue weighted by Gasteiger charge is -2.04. The molecule has 1 N–H and O–H groups in total. The lowest BCUT2D eigenvalue weighted by Crippen LogP contribution is -2.22. The number of furan rings is 1. The van der Waals surface area contributed by atoms with Crippen LogP contribution in [0.1, 0.15) is 21.7 Å². The third-order valence-electron chi connectivity index (χ3n) is 3.77. The zero-order chi connectivity index (χ0) is 18.7. The minimum Gasteiger partial charge on any atom is -0.439 e. The van der Waals surface area contributed by atoms with Crippen molar-refractivity contribution in [3.8, 4) is 0 Å². The van der Waals surface area contributed by atoms with E-state index >= 15 is 0 Å². The molecule has 0 saturated heterocycles. The first-order valence-electron chi connectivity index (χ1n) is 7.80. The van der Waals surface area contributed by atoms with E-state index in [0.717, 1.165) is 15.6 Å². The molecule has 1 amide bonds. The number of aryl methyl sites for hydroxylation is 1. The molecular formula is C19H16BrNO4S. The van der Waals surface area contributed by atoms with Crippen molar-refractivity contribution in [3.63, 3.8) is 0 Å². The summed E-state index contributed by atoms with van der Waals surface area (Å²) in [5.41, 5.74) is 2.08. The summed E-state index contributed by atoms with van der Waals surface area (Å²) in [5.74, 6) is -0.518. The van der Waals surface area contributed by atoms with Crippen LogP contribution >= 0.6 is 15.9 Å². The lowest BCUT2D eigenvalue weighted by molar-refractivity contribution is 0.0918. The summed E-state index contributed by atoms with van der Waals surface area (Å²) in [7, 11) is -3.81. The Labute approximate surface area is 160 Å². The minimum atomic E-state index is -3.81. The number of halogens is 1. The number of nitrogens with one attached hydrogen (secondary N) is 1. The van der Waals surface area contributed by atoms with Crippen LogP contribution in [0, 0.1) is 6.92 Å². The van der Waals surface area contributed by atoms with Gasteiger partial charge in [-0.3, -0.25) is 4.79 Å². The van der Waals surface area contributed by atoms with Crippen molar-refractivity contribution in [2.75, 3.05) is 0 Å². The smallest absolute Gasteiger partial charge is 0.287 e. The lowest BCUT2D eigenvalue weighted by atomic mass is 10.1. The average molecular weight is 434 g/mol. The van der Waals surface area contributed by atoms with Gasteiger partial charge in [-0.05, 0) is 48.9 Å². The van der Waals surface area contributed by atoms with Gasteiger partial charge < -0.3 is 9.73 Å². The number of amides is 1. The van der Waals surface area contributed by atoms with Crippen LogP contribution in [0.3, 0.4) is 0 Å². The molecule has 0 fully saturated rings. The van der Waals surface area contributed by atoms with Gasteiger partial charge in [0.05, 0.1) is 4.90 Å². The van der Waals surface area contributed by atoms with Crippen LogP contribution in [-0.2, 0) is 16.4 Å². The van der Waals surface area contributed by atoms with Gasteiger partial charge >= 0.3 is 0 Å². The molecule has 3 rings (SSSR count). The van der Waals surface area contributed by atoms with E-state index in [9.17, 15) is 13.2 Å². The highest BCUT2D eigenvalue weighted by Crippen LogP contribution is 2.24. The fourth-order valence-electron chi connectivity index (χ4n) is 2.29. The first kappa shape index (κ1) is 18.4. The number of hydrogen-bond acceptors (Lipinski definition) is 4. The van der Waals surface area contributed by atoms with Crippen LogP contribution in [0.5, 0.6) is 0 Å². The molecule has 7 heteroatoms. The predicted molar refractivity (Wildman–Crippen MR) is 101 cm³/mol. The Morgan fingerprint density at radius 1 is 1.00 bits per heavy atom. The first-order valence-corrected chi connectivity index (χ1v) is 10.1. The average Bonchev–Trinajstić information content (AvgIpc) is 3.12. The van der Waals surface area contributed by atoms with Crippen LogP contribution in [0.4, 0.5) is 0 Å². The molecule has 0 unspecified atom stereocenters. The summed E-state index contributed by atoms with van der Waals surface area (Å²) in [6.07, 6.45) is 0. The molecule has 134 valence electrons. The standard InChI is InChI=1S/C19H16BrNO4S/c1-13-2-4-14(5-3-13)12-21-19(22)17-10-11-18(25-17)26(23,24)16-8-6-15(20)7-9-16/h2-11H,12H2,1H3,(H,21,22). The second-order valence-corrected chi connectivity index (χ2v) is 8.54. The van der Waals surface area contributed by atoms with E-state index in [2.05, 4.69) is 21.2 Å². The highest BCUT2D eigenvalue weighted by Gasteiger charge is 2.23. The van der Waals surface area contributed by atoms with Crippen molar-refractivity contribution in [2.45, 2.75) is 23.5 Å². The second kappa shape index (κ2) is 7.47. The quantitative estimate of drug-likeness (QED) is 0.656. The summed E-state index contributed by atoms with van der Waals surface area (Å²) >= 11 is 3.26. The van der Waals surface area contributed by atoms with Crippen molar-refractivity contribution in [1.82, 2.24) is 5.32 Å². The van der Waals surface area contributed by atoms with Gasteiger partial charge in [0.25, 0.3) is 5.91 Å². The Morgan fingerprint density at radius 3 is 2.31 bits per heavy atom. The summed E-state index contributed by atoms with van der Waals surface area (Å²) in [6, 6.07) is 16.6. The van der Waals surface area contributed by atoms with Gasteiger partial charge in [-0.2, -0.15) is 0 Å². The first-order chi connectivity index (χ1) is 12.4. The van der Waals surface area contributed by atoms with E-state index in [0.29, 0.717) is 6.54 Å².